The Labute approximate surface area is 159 Å². The molecule has 3 rings (SSSR count). The fourth-order valence-electron chi connectivity index (χ4n) is 2.25. The number of nitrogens with one attached hydrogen (secondary N) is 3. The van der Waals surface area contributed by atoms with Gasteiger partial charge in [-0.2, -0.15) is 0 Å². The molecular weight excluding hydrogens is 398 g/mol. The van der Waals surface area contributed by atoms with Gasteiger partial charge in [-0.1, -0.05) is 11.6 Å². The van der Waals surface area contributed by atoms with Crippen LogP contribution in [-0.4, -0.2) is 34.1 Å². The normalized spacial score (nSPS) is 12.5. The highest BCUT2D eigenvalue weighted by Crippen LogP contribution is 2.32. The molecule has 0 aromatic heterocycles. The lowest BCUT2D eigenvalue weighted by Gasteiger charge is -2.10. The first kappa shape index (κ1) is 19.0. The molecule has 2 aromatic carbocycles. The van der Waals surface area contributed by atoms with E-state index in [2.05, 4.69) is 15.6 Å². The maximum Gasteiger partial charge on any atom is 0.271 e. The van der Waals surface area contributed by atoms with Gasteiger partial charge in [0.15, 0.2) is 11.5 Å². The molecule has 0 saturated carbocycles. The molecule has 142 valence electrons. The van der Waals surface area contributed by atoms with Crippen molar-refractivity contribution in [2.45, 2.75) is 4.90 Å². The zero-order chi connectivity index (χ0) is 19.6. The molecule has 0 unspecified atom stereocenters. The number of carbonyl (C=O) groups excluding carboxylic acids is 2. The second-order valence-electron chi connectivity index (χ2n) is 5.33. The first-order chi connectivity index (χ1) is 12.8. The van der Waals surface area contributed by atoms with Gasteiger partial charge >= 0.3 is 0 Å². The van der Waals surface area contributed by atoms with E-state index in [9.17, 15) is 18.0 Å². The highest BCUT2D eigenvalue weighted by Gasteiger charge is 2.19. The van der Waals surface area contributed by atoms with E-state index in [1.54, 1.807) is 6.07 Å². The Morgan fingerprint density at radius 1 is 1.00 bits per heavy atom. The summed E-state index contributed by atoms with van der Waals surface area (Å²) in [6.07, 6.45) is 0. The zero-order valence-corrected chi connectivity index (χ0v) is 15.5. The lowest BCUT2D eigenvalue weighted by atomic mass is 10.2. The van der Waals surface area contributed by atoms with Crippen molar-refractivity contribution in [1.29, 1.82) is 0 Å². The van der Waals surface area contributed by atoms with Crippen LogP contribution in [0.4, 0.5) is 0 Å². The van der Waals surface area contributed by atoms with Crippen LogP contribution in [0.1, 0.15) is 20.7 Å². The molecule has 0 fully saturated rings. The minimum Gasteiger partial charge on any atom is -0.454 e. The Morgan fingerprint density at radius 3 is 2.44 bits per heavy atom. The van der Waals surface area contributed by atoms with Gasteiger partial charge in [0.1, 0.15) is 0 Å². The van der Waals surface area contributed by atoms with Crippen LogP contribution < -0.4 is 25.0 Å². The lowest BCUT2D eigenvalue weighted by molar-refractivity contribution is 0.0846. The summed E-state index contributed by atoms with van der Waals surface area (Å²) >= 11 is 5.96. The van der Waals surface area contributed by atoms with Gasteiger partial charge < -0.3 is 9.47 Å². The van der Waals surface area contributed by atoms with Crippen LogP contribution >= 0.6 is 11.6 Å². The van der Waals surface area contributed by atoms with Crippen molar-refractivity contribution in [3.05, 3.63) is 52.5 Å². The minimum atomic E-state index is -3.75. The van der Waals surface area contributed by atoms with Crippen LogP contribution in [0.15, 0.2) is 41.3 Å². The molecule has 0 radical (unpaired) electrons. The van der Waals surface area contributed by atoms with Gasteiger partial charge in [0.05, 0.1) is 15.5 Å². The quantitative estimate of drug-likeness (QED) is 0.646. The van der Waals surface area contributed by atoms with Crippen LogP contribution in [0.3, 0.4) is 0 Å². The molecule has 1 aliphatic rings. The average Bonchev–Trinajstić information content (AvgIpc) is 3.13. The number of hydrogen-bond donors (Lipinski definition) is 3. The fourth-order valence-corrected chi connectivity index (χ4v) is 3.21. The lowest BCUT2D eigenvalue weighted by Crippen LogP contribution is -2.41. The van der Waals surface area contributed by atoms with E-state index in [1.165, 1.54) is 31.3 Å². The van der Waals surface area contributed by atoms with Crippen LogP contribution in [-0.2, 0) is 10.0 Å². The third-order valence-corrected chi connectivity index (χ3v) is 5.43. The van der Waals surface area contributed by atoms with Crippen molar-refractivity contribution in [1.82, 2.24) is 15.6 Å². The summed E-state index contributed by atoms with van der Waals surface area (Å²) < 4.78 is 36.2. The number of amides is 2. The van der Waals surface area contributed by atoms with Gasteiger partial charge in [-0.05, 0) is 43.4 Å². The van der Waals surface area contributed by atoms with E-state index in [4.69, 9.17) is 21.1 Å². The number of fused-ring (bicyclic) bond motifs is 1. The van der Waals surface area contributed by atoms with Crippen LogP contribution in [0.5, 0.6) is 11.5 Å². The van der Waals surface area contributed by atoms with Crippen molar-refractivity contribution in [3.8, 4) is 11.5 Å². The summed E-state index contributed by atoms with van der Waals surface area (Å²) in [5, 5.41) is 0.0277. The van der Waals surface area contributed by atoms with E-state index < -0.39 is 21.8 Å². The average molecular weight is 412 g/mol. The Kier molecular flexibility index (Phi) is 5.22. The second kappa shape index (κ2) is 7.43. The minimum absolute atomic E-state index is 0.0277. The molecule has 0 bridgehead atoms. The fraction of sp³-hybridized carbons (Fsp3) is 0.125. The number of halogens is 1. The molecule has 3 N–H and O–H groups in total. The molecule has 1 heterocycles. The zero-order valence-electron chi connectivity index (χ0n) is 13.9. The van der Waals surface area contributed by atoms with E-state index in [-0.39, 0.29) is 27.8 Å². The van der Waals surface area contributed by atoms with Gasteiger partial charge in [-0.25, -0.2) is 13.1 Å². The smallest absolute Gasteiger partial charge is 0.271 e. The SMILES string of the molecule is CNS(=O)(=O)c1ccc(Cl)c(C(=O)NNC(=O)c2ccc3c(c2)OCO3)c1. The van der Waals surface area contributed by atoms with Crippen LogP contribution in [0, 0.1) is 0 Å². The van der Waals surface area contributed by atoms with Crippen molar-refractivity contribution in [2.24, 2.45) is 0 Å². The third kappa shape index (κ3) is 3.97. The van der Waals surface area contributed by atoms with Gasteiger partial charge in [-0.15, -0.1) is 0 Å². The number of benzene rings is 2. The molecule has 11 heteroatoms. The summed E-state index contributed by atoms with van der Waals surface area (Å²) in [6, 6.07) is 8.19. The number of rotatable bonds is 4. The molecule has 2 amide bonds. The second-order valence-corrected chi connectivity index (χ2v) is 7.62. The van der Waals surface area contributed by atoms with Crippen LogP contribution in [0.2, 0.25) is 5.02 Å². The van der Waals surface area contributed by atoms with Gasteiger partial charge in [0.2, 0.25) is 16.8 Å². The molecule has 1 aliphatic heterocycles. The predicted molar refractivity (Wildman–Crippen MR) is 95.2 cm³/mol. The predicted octanol–water partition coefficient (Wildman–Crippen LogP) is 1.05. The van der Waals surface area contributed by atoms with E-state index in [0.717, 1.165) is 6.07 Å². The van der Waals surface area contributed by atoms with Crippen LogP contribution in [0.25, 0.3) is 0 Å². The maximum absolute atomic E-state index is 12.3. The molecule has 0 aliphatic carbocycles. The molecule has 2 aromatic rings. The molecule has 9 nitrogen and oxygen atoms in total. The molecule has 27 heavy (non-hydrogen) atoms. The molecule has 0 atom stereocenters. The Hall–Kier alpha value is -2.82. The number of ether oxygens (including phenoxy) is 2. The summed E-state index contributed by atoms with van der Waals surface area (Å²) in [5.74, 6) is -0.439. The Balaban J connectivity index is 1.72. The number of hydrogen-bond acceptors (Lipinski definition) is 6. The number of carbonyl (C=O) groups is 2. The summed E-state index contributed by atoms with van der Waals surface area (Å²) in [6.45, 7) is 0.0709. The summed E-state index contributed by atoms with van der Waals surface area (Å²) in [5.41, 5.74) is 4.54. The summed E-state index contributed by atoms with van der Waals surface area (Å²) in [4.78, 5) is 24.3. The molecule has 0 spiro atoms. The molecule has 0 saturated heterocycles. The van der Waals surface area contributed by atoms with Crippen molar-refractivity contribution < 1.29 is 27.5 Å². The van der Waals surface area contributed by atoms with Gasteiger partial charge in [0, 0.05) is 5.56 Å². The summed E-state index contributed by atoms with van der Waals surface area (Å²) in [7, 11) is -2.51. The van der Waals surface area contributed by atoms with Gasteiger partial charge in [-0.3, -0.25) is 20.4 Å². The Morgan fingerprint density at radius 2 is 1.70 bits per heavy atom. The van der Waals surface area contributed by atoms with E-state index >= 15 is 0 Å². The highest BCUT2D eigenvalue weighted by molar-refractivity contribution is 7.89. The van der Waals surface area contributed by atoms with Gasteiger partial charge in [0.25, 0.3) is 11.8 Å². The first-order valence-corrected chi connectivity index (χ1v) is 9.41. The molecular formula is C16H14ClN3O6S. The topological polar surface area (TPSA) is 123 Å². The third-order valence-electron chi connectivity index (χ3n) is 3.69. The monoisotopic (exact) mass is 411 g/mol. The Bertz CT molecular complexity index is 1020. The number of hydrazine groups is 1. The van der Waals surface area contributed by atoms with E-state index in [1.807, 2.05) is 0 Å². The number of sulfonamides is 1. The highest BCUT2D eigenvalue weighted by atomic mass is 35.5. The van der Waals surface area contributed by atoms with E-state index in [0.29, 0.717) is 11.5 Å². The first-order valence-electron chi connectivity index (χ1n) is 7.55. The van der Waals surface area contributed by atoms with Crippen molar-refractivity contribution >= 4 is 33.4 Å². The van der Waals surface area contributed by atoms with Crippen molar-refractivity contribution in [3.63, 3.8) is 0 Å². The standard InChI is InChI=1S/C16H14ClN3O6S/c1-18-27(23,24)10-3-4-12(17)11(7-10)16(22)20-19-15(21)9-2-5-13-14(6-9)26-8-25-13/h2-7,18H,8H2,1H3,(H,19,21)(H,20,22). The largest absolute Gasteiger partial charge is 0.454 e. The maximum atomic E-state index is 12.3. The van der Waals surface area contributed by atoms with Crippen molar-refractivity contribution in [2.75, 3.05) is 13.8 Å².